The monoisotopic (exact) mass is 234 g/mol. The van der Waals surface area contributed by atoms with E-state index >= 15 is 0 Å². The lowest BCUT2D eigenvalue weighted by molar-refractivity contribution is 0.706. The van der Waals surface area contributed by atoms with E-state index in [1.165, 1.54) is 11.6 Å². The van der Waals surface area contributed by atoms with Crippen LogP contribution in [0.4, 0.5) is 0 Å². The van der Waals surface area contributed by atoms with Gasteiger partial charge in [-0.1, -0.05) is 0 Å². The first-order valence-electron chi connectivity index (χ1n) is 5.25. The Morgan fingerprint density at radius 1 is 1.29 bits per heavy atom. The van der Waals surface area contributed by atoms with Crippen molar-refractivity contribution in [3.63, 3.8) is 0 Å². The third-order valence-corrected chi connectivity index (χ3v) is 2.73. The summed E-state index contributed by atoms with van der Waals surface area (Å²) in [7, 11) is 4.90. The topological polar surface area (TPSA) is 68.9 Å². The number of fused-ring (bicyclic) bond motifs is 1. The minimum atomic E-state index is -0.364. The van der Waals surface area contributed by atoms with Crippen LogP contribution in [0.2, 0.25) is 0 Å². The van der Waals surface area contributed by atoms with E-state index in [1.807, 2.05) is 7.05 Å². The minimum Gasteiger partial charge on any atom is -0.316 e. The molecule has 0 saturated carbocycles. The number of nitrogens with one attached hydrogen (secondary N) is 1. The molecule has 17 heavy (non-hydrogen) atoms. The summed E-state index contributed by atoms with van der Waals surface area (Å²) in [4.78, 5) is 27.8. The van der Waals surface area contributed by atoms with Crippen LogP contribution in [0.1, 0.15) is 5.56 Å². The maximum atomic E-state index is 11.9. The second-order valence-electron chi connectivity index (χ2n) is 3.95. The van der Waals surface area contributed by atoms with E-state index < -0.39 is 0 Å². The molecule has 0 spiro atoms. The summed E-state index contributed by atoms with van der Waals surface area (Å²) in [5.41, 5.74) is 0.652. The molecule has 0 aliphatic rings. The number of nitrogens with zero attached hydrogens (tertiary/aromatic N) is 3. The van der Waals surface area contributed by atoms with Crippen LogP contribution in [0, 0.1) is 0 Å². The van der Waals surface area contributed by atoms with Gasteiger partial charge in [-0.3, -0.25) is 13.9 Å². The van der Waals surface area contributed by atoms with Crippen molar-refractivity contribution in [3.05, 3.63) is 38.7 Å². The molecule has 0 aromatic carbocycles. The fourth-order valence-electron chi connectivity index (χ4n) is 1.81. The maximum absolute atomic E-state index is 11.9. The molecule has 6 nitrogen and oxygen atoms in total. The van der Waals surface area contributed by atoms with Crippen LogP contribution in [0.25, 0.3) is 11.0 Å². The van der Waals surface area contributed by atoms with Crippen LogP contribution >= 0.6 is 0 Å². The first kappa shape index (κ1) is 11.5. The smallest absolute Gasteiger partial charge is 0.316 e. The summed E-state index contributed by atoms with van der Waals surface area (Å²) in [6, 6.07) is 1.76. The maximum Gasteiger partial charge on any atom is 0.332 e. The van der Waals surface area contributed by atoms with Crippen molar-refractivity contribution in [2.75, 3.05) is 7.05 Å². The van der Waals surface area contributed by atoms with E-state index in [2.05, 4.69) is 10.3 Å². The number of rotatable bonds is 2. The molecule has 0 radical (unpaired) electrons. The van der Waals surface area contributed by atoms with Crippen LogP contribution in [0.3, 0.4) is 0 Å². The van der Waals surface area contributed by atoms with E-state index in [-0.39, 0.29) is 11.2 Å². The summed E-state index contributed by atoms with van der Waals surface area (Å²) in [6.45, 7) is 0.634. The Morgan fingerprint density at radius 3 is 2.65 bits per heavy atom. The summed E-state index contributed by atoms with van der Waals surface area (Å²) in [5.74, 6) is 0. The Hall–Kier alpha value is -1.95. The minimum absolute atomic E-state index is 0.312. The van der Waals surface area contributed by atoms with Gasteiger partial charge in [0.05, 0.1) is 5.39 Å². The lowest BCUT2D eigenvalue weighted by atomic mass is 10.2. The molecule has 0 unspecified atom stereocenters. The van der Waals surface area contributed by atoms with E-state index in [9.17, 15) is 9.59 Å². The molecule has 0 bridgehead atoms. The molecule has 0 amide bonds. The summed E-state index contributed by atoms with van der Waals surface area (Å²) < 4.78 is 2.47. The number of aromatic nitrogens is 3. The van der Waals surface area contributed by atoms with E-state index in [1.54, 1.807) is 19.3 Å². The van der Waals surface area contributed by atoms with Crippen LogP contribution < -0.4 is 16.6 Å². The highest BCUT2D eigenvalue weighted by Gasteiger charge is 2.09. The van der Waals surface area contributed by atoms with Crippen molar-refractivity contribution in [2.45, 2.75) is 6.54 Å². The molecule has 2 rings (SSSR count). The van der Waals surface area contributed by atoms with Gasteiger partial charge in [-0.15, -0.1) is 0 Å². The predicted molar refractivity (Wildman–Crippen MR) is 65.0 cm³/mol. The third kappa shape index (κ3) is 1.76. The van der Waals surface area contributed by atoms with Crippen molar-refractivity contribution < 1.29 is 0 Å². The first-order chi connectivity index (χ1) is 8.06. The van der Waals surface area contributed by atoms with Gasteiger partial charge in [-0.25, -0.2) is 9.78 Å². The SMILES string of the molecule is CNCc1cnc2c(c1)c(=O)n(C)c(=O)n2C. The average molecular weight is 234 g/mol. The third-order valence-electron chi connectivity index (χ3n) is 2.73. The zero-order valence-electron chi connectivity index (χ0n) is 10.0. The van der Waals surface area contributed by atoms with Gasteiger partial charge in [-0.2, -0.15) is 0 Å². The standard InChI is InChI=1S/C11H14N4O2/c1-12-5-7-4-8-9(13-6-7)14(2)11(17)15(3)10(8)16/h4,6,12H,5H2,1-3H3. The largest absolute Gasteiger partial charge is 0.332 e. The molecule has 90 valence electrons. The lowest BCUT2D eigenvalue weighted by Crippen LogP contribution is -2.37. The molecule has 0 atom stereocenters. The number of aryl methyl sites for hydroxylation is 1. The second kappa shape index (κ2) is 4.14. The van der Waals surface area contributed by atoms with Gasteiger partial charge in [0, 0.05) is 26.8 Å². The zero-order chi connectivity index (χ0) is 12.6. The van der Waals surface area contributed by atoms with Gasteiger partial charge in [0.2, 0.25) is 0 Å². The normalized spacial score (nSPS) is 11.0. The Kier molecular flexibility index (Phi) is 2.81. The number of hydrogen-bond acceptors (Lipinski definition) is 4. The Morgan fingerprint density at radius 2 is 2.00 bits per heavy atom. The molecule has 0 saturated heterocycles. The van der Waals surface area contributed by atoms with Gasteiger partial charge >= 0.3 is 5.69 Å². The molecular weight excluding hydrogens is 220 g/mol. The first-order valence-corrected chi connectivity index (χ1v) is 5.25. The van der Waals surface area contributed by atoms with Crippen LogP contribution in [-0.2, 0) is 20.6 Å². The highest BCUT2D eigenvalue weighted by Crippen LogP contribution is 2.06. The van der Waals surface area contributed by atoms with E-state index in [0.29, 0.717) is 17.6 Å². The van der Waals surface area contributed by atoms with Crippen molar-refractivity contribution in [1.29, 1.82) is 0 Å². The number of hydrogen-bond donors (Lipinski definition) is 1. The highest BCUT2D eigenvalue weighted by molar-refractivity contribution is 5.74. The van der Waals surface area contributed by atoms with E-state index in [0.717, 1.165) is 10.1 Å². The average Bonchev–Trinajstić information content (AvgIpc) is 2.34. The van der Waals surface area contributed by atoms with Crippen molar-refractivity contribution in [3.8, 4) is 0 Å². The van der Waals surface area contributed by atoms with Crippen LogP contribution in [0.15, 0.2) is 21.9 Å². The summed E-state index contributed by atoms with van der Waals surface area (Å²) in [5, 5.41) is 3.45. The quantitative estimate of drug-likeness (QED) is 0.750. The van der Waals surface area contributed by atoms with Gasteiger partial charge in [0.25, 0.3) is 5.56 Å². The van der Waals surface area contributed by atoms with Gasteiger partial charge in [0.15, 0.2) is 0 Å². The number of pyridine rings is 1. The molecule has 6 heteroatoms. The molecule has 0 aliphatic carbocycles. The van der Waals surface area contributed by atoms with Gasteiger partial charge in [0.1, 0.15) is 5.65 Å². The zero-order valence-corrected chi connectivity index (χ0v) is 10.0. The van der Waals surface area contributed by atoms with Crippen molar-refractivity contribution in [2.24, 2.45) is 14.1 Å². The highest BCUT2D eigenvalue weighted by atomic mass is 16.2. The predicted octanol–water partition coefficient (Wildman–Crippen LogP) is -0.648. The Labute approximate surface area is 97.5 Å². The lowest BCUT2D eigenvalue weighted by Gasteiger charge is -2.07. The van der Waals surface area contributed by atoms with Gasteiger partial charge < -0.3 is 5.32 Å². The Bertz CT molecular complexity index is 684. The molecule has 2 aromatic rings. The van der Waals surface area contributed by atoms with Crippen LogP contribution in [0.5, 0.6) is 0 Å². The molecule has 0 fully saturated rings. The second-order valence-corrected chi connectivity index (χ2v) is 3.95. The fourth-order valence-corrected chi connectivity index (χ4v) is 1.81. The fraction of sp³-hybridized carbons (Fsp3) is 0.364. The van der Waals surface area contributed by atoms with Crippen molar-refractivity contribution >= 4 is 11.0 Å². The molecule has 1 N–H and O–H groups in total. The summed E-state index contributed by atoms with van der Waals surface area (Å²) in [6.07, 6.45) is 1.66. The van der Waals surface area contributed by atoms with Crippen LogP contribution in [-0.4, -0.2) is 21.2 Å². The molecule has 0 aliphatic heterocycles. The van der Waals surface area contributed by atoms with Crippen molar-refractivity contribution in [1.82, 2.24) is 19.4 Å². The van der Waals surface area contributed by atoms with E-state index in [4.69, 9.17) is 0 Å². The molecular formula is C11H14N4O2. The molecule has 2 aromatic heterocycles. The Balaban J connectivity index is 2.87. The summed E-state index contributed by atoms with van der Waals surface area (Å²) >= 11 is 0. The molecule has 2 heterocycles. The van der Waals surface area contributed by atoms with Gasteiger partial charge in [-0.05, 0) is 18.7 Å².